The number of benzene rings is 5. The second-order valence-corrected chi connectivity index (χ2v) is 7.59. The second kappa shape index (κ2) is 6.40. The van der Waals surface area contributed by atoms with E-state index in [4.69, 9.17) is 0 Å². The van der Waals surface area contributed by atoms with Gasteiger partial charge in [-0.2, -0.15) is 5.26 Å². The molecule has 0 aliphatic rings. The Morgan fingerprint density at radius 2 is 1.33 bits per heavy atom. The third-order valence-electron chi connectivity index (χ3n) is 5.89. The number of nitrogens with zero attached hydrogens (tertiary/aromatic N) is 2. The zero-order valence-electron chi connectivity index (χ0n) is 16.1. The lowest BCUT2D eigenvalue weighted by Gasteiger charge is -2.14. The van der Waals surface area contributed by atoms with Crippen molar-refractivity contribution in [3.8, 4) is 28.5 Å². The lowest BCUT2D eigenvalue weighted by Crippen LogP contribution is -1.89. The molecule has 2 nitrogen and oxygen atoms in total. The second-order valence-electron chi connectivity index (χ2n) is 7.59. The maximum absolute atomic E-state index is 9.22. The van der Waals surface area contributed by atoms with E-state index in [9.17, 15) is 5.26 Å². The molecule has 1 heterocycles. The zero-order chi connectivity index (χ0) is 20.1. The molecule has 138 valence electrons. The number of nitriles is 1. The Hall–Kier alpha value is -4.22. The van der Waals surface area contributed by atoms with E-state index in [1.165, 1.54) is 37.9 Å². The van der Waals surface area contributed by atoms with Crippen LogP contribution in [0.5, 0.6) is 0 Å². The van der Waals surface area contributed by atoms with E-state index >= 15 is 0 Å². The van der Waals surface area contributed by atoms with Crippen molar-refractivity contribution in [2.24, 2.45) is 0 Å². The fourth-order valence-corrected chi connectivity index (χ4v) is 4.49. The van der Waals surface area contributed by atoms with Crippen LogP contribution in [-0.2, 0) is 0 Å². The summed E-state index contributed by atoms with van der Waals surface area (Å²) in [5.74, 6) is 0. The van der Waals surface area contributed by atoms with Crippen molar-refractivity contribution in [3.63, 3.8) is 0 Å². The molecule has 5 aromatic carbocycles. The van der Waals surface area contributed by atoms with Crippen LogP contribution in [0.2, 0.25) is 0 Å². The van der Waals surface area contributed by atoms with Crippen molar-refractivity contribution in [3.05, 3.63) is 103 Å². The Labute approximate surface area is 174 Å². The van der Waals surface area contributed by atoms with Crippen molar-refractivity contribution in [2.45, 2.75) is 0 Å². The SMILES string of the molecule is N#Cc1ccnc(-c2cccc(-c3ccc4ccc5cccc6ccc3c4c56)c2)c1. The van der Waals surface area contributed by atoms with Gasteiger partial charge in [0.2, 0.25) is 0 Å². The first kappa shape index (κ1) is 16.7. The van der Waals surface area contributed by atoms with Crippen LogP contribution in [0.1, 0.15) is 5.56 Å². The van der Waals surface area contributed by atoms with Gasteiger partial charge in [0.1, 0.15) is 0 Å². The summed E-state index contributed by atoms with van der Waals surface area (Å²) in [5.41, 5.74) is 4.80. The number of rotatable bonds is 2. The van der Waals surface area contributed by atoms with Crippen molar-refractivity contribution in [1.29, 1.82) is 5.26 Å². The molecule has 0 unspecified atom stereocenters. The molecular weight excluding hydrogens is 364 g/mol. The van der Waals surface area contributed by atoms with Gasteiger partial charge in [-0.25, -0.2) is 0 Å². The molecule has 0 atom stereocenters. The Bertz CT molecular complexity index is 1590. The van der Waals surface area contributed by atoms with Gasteiger partial charge in [-0.3, -0.25) is 4.98 Å². The number of hydrogen-bond donors (Lipinski definition) is 0. The molecule has 0 aliphatic carbocycles. The van der Waals surface area contributed by atoms with Crippen LogP contribution in [0.25, 0.3) is 54.7 Å². The highest BCUT2D eigenvalue weighted by molar-refractivity contribution is 6.25. The van der Waals surface area contributed by atoms with Crippen LogP contribution in [0.15, 0.2) is 97.2 Å². The molecule has 0 saturated heterocycles. The summed E-state index contributed by atoms with van der Waals surface area (Å²) >= 11 is 0. The molecule has 30 heavy (non-hydrogen) atoms. The zero-order valence-corrected chi connectivity index (χ0v) is 16.1. The predicted octanol–water partition coefficient (Wildman–Crippen LogP) is 7.18. The number of hydrogen-bond acceptors (Lipinski definition) is 2. The largest absolute Gasteiger partial charge is 0.256 e. The molecule has 0 amide bonds. The van der Waals surface area contributed by atoms with Gasteiger partial charge in [-0.1, -0.05) is 72.8 Å². The maximum atomic E-state index is 9.22. The van der Waals surface area contributed by atoms with Gasteiger partial charge in [-0.05, 0) is 61.6 Å². The van der Waals surface area contributed by atoms with Gasteiger partial charge < -0.3 is 0 Å². The van der Waals surface area contributed by atoms with E-state index in [0.717, 1.165) is 16.8 Å². The van der Waals surface area contributed by atoms with E-state index in [-0.39, 0.29) is 0 Å². The van der Waals surface area contributed by atoms with Gasteiger partial charge in [0.25, 0.3) is 0 Å². The summed E-state index contributed by atoms with van der Waals surface area (Å²) in [4.78, 5) is 4.47. The summed E-state index contributed by atoms with van der Waals surface area (Å²) in [6.45, 7) is 0. The highest BCUT2D eigenvalue weighted by atomic mass is 14.7. The van der Waals surface area contributed by atoms with Crippen LogP contribution in [-0.4, -0.2) is 4.98 Å². The minimum atomic E-state index is 0.619. The van der Waals surface area contributed by atoms with Gasteiger partial charge in [-0.15, -0.1) is 0 Å². The third kappa shape index (κ3) is 2.46. The standard InChI is InChI=1S/C28H16N2/c29-17-18-13-14-30-26(15-18)23-6-2-5-22(16-23)24-11-9-21-8-7-19-3-1-4-20-10-12-25(24)28(21)27(19)20/h1-16H. The van der Waals surface area contributed by atoms with E-state index in [1.807, 2.05) is 12.1 Å². The summed E-state index contributed by atoms with van der Waals surface area (Å²) in [6.07, 6.45) is 1.69. The van der Waals surface area contributed by atoms with Crippen LogP contribution in [0, 0.1) is 11.3 Å². The molecular formula is C28H16N2. The van der Waals surface area contributed by atoms with Crippen molar-refractivity contribution < 1.29 is 0 Å². The van der Waals surface area contributed by atoms with Crippen LogP contribution < -0.4 is 0 Å². The van der Waals surface area contributed by atoms with Gasteiger partial charge in [0.05, 0.1) is 17.3 Å². The Kier molecular flexibility index (Phi) is 3.57. The van der Waals surface area contributed by atoms with Crippen LogP contribution in [0.4, 0.5) is 0 Å². The molecule has 0 bridgehead atoms. The molecule has 6 rings (SSSR count). The van der Waals surface area contributed by atoms with Crippen molar-refractivity contribution in [1.82, 2.24) is 4.98 Å². The first-order chi connectivity index (χ1) is 14.8. The van der Waals surface area contributed by atoms with Crippen LogP contribution >= 0.6 is 0 Å². The van der Waals surface area contributed by atoms with E-state index in [0.29, 0.717) is 5.56 Å². The average molecular weight is 380 g/mol. The molecule has 0 saturated carbocycles. The summed E-state index contributed by atoms with van der Waals surface area (Å²) in [5, 5.41) is 16.9. The lowest BCUT2D eigenvalue weighted by molar-refractivity contribution is 1.31. The molecule has 6 aromatic rings. The quantitative estimate of drug-likeness (QED) is 0.298. The van der Waals surface area contributed by atoms with Gasteiger partial charge >= 0.3 is 0 Å². The van der Waals surface area contributed by atoms with E-state index in [1.54, 1.807) is 12.3 Å². The molecule has 0 radical (unpaired) electrons. The topological polar surface area (TPSA) is 36.7 Å². The molecule has 1 aromatic heterocycles. The predicted molar refractivity (Wildman–Crippen MR) is 124 cm³/mol. The van der Waals surface area contributed by atoms with Crippen molar-refractivity contribution >= 4 is 32.3 Å². The summed E-state index contributed by atoms with van der Waals surface area (Å²) in [7, 11) is 0. The third-order valence-corrected chi connectivity index (χ3v) is 5.89. The monoisotopic (exact) mass is 380 g/mol. The first-order valence-electron chi connectivity index (χ1n) is 9.95. The maximum Gasteiger partial charge on any atom is 0.0992 e. The average Bonchev–Trinajstić information content (AvgIpc) is 2.82. The fraction of sp³-hybridized carbons (Fsp3) is 0. The van der Waals surface area contributed by atoms with Gasteiger partial charge in [0, 0.05) is 11.8 Å². The minimum Gasteiger partial charge on any atom is -0.256 e. The van der Waals surface area contributed by atoms with E-state index < -0.39 is 0 Å². The molecule has 2 heteroatoms. The highest BCUT2D eigenvalue weighted by Crippen LogP contribution is 2.39. The first-order valence-corrected chi connectivity index (χ1v) is 9.95. The molecule has 0 fully saturated rings. The Morgan fingerprint density at radius 3 is 2.17 bits per heavy atom. The number of aromatic nitrogens is 1. The number of pyridine rings is 1. The summed E-state index contributed by atoms with van der Waals surface area (Å²) in [6, 6.07) is 33.9. The molecule has 0 spiro atoms. The smallest absolute Gasteiger partial charge is 0.0992 e. The lowest BCUT2D eigenvalue weighted by atomic mass is 9.89. The Balaban J connectivity index is 1.61. The van der Waals surface area contributed by atoms with Crippen LogP contribution in [0.3, 0.4) is 0 Å². The minimum absolute atomic E-state index is 0.619. The fourth-order valence-electron chi connectivity index (χ4n) is 4.49. The Morgan fingerprint density at radius 1 is 0.633 bits per heavy atom. The van der Waals surface area contributed by atoms with Gasteiger partial charge in [0.15, 0.2) is 0 Å². The summed E-state index contributed by atoms with van der Waals surface area (Å²) < 4.78 is 0. The molecule has 0 aliphatic heterocycles. The van der Waals surface area contributed by atoms with Crippen molar-refractivity contribution in [2.75, 3.05) is 0 Å². The van der Waals surface area contributed by atoms with E-state index in [2.05, 4.69) is 83.8 Å². The normalized spacial score (nSPS) is 11.3. The molecule has 0 N–H and O–H groups in total. The highest BCUT2D eigenvalue weighted by Gasteiger charge is 2.12.